The highest BCUT2D eigenvalue weighted by Crippen LogP contribution is 2.15. The summed E-state index contributed by atoms with van der Waals surface area (Å²) in [6.07, 6.45) is -0.872. The molecule has 0 aliphatic rings. The molecule has 0 saturated carbocycles. The van der Waals surface area contributed by atoms with E-state index in [1.807, 2.05) is 5.32 Å². The second kappa shape index (κ2) is 4.74. The molecule has 0 aromatic carbocycles. The first-order valence-corrected chi connectivity index (χ1v) is 4.65. The van der Waals surface area contributed by atoms with E-state index < -0.39 is 30.2 Å². The molecule has 0 aromatic heterocycles. The molecule has 1 unspecified atom stereocenters. The molecule has 6 heteroatoms. The molecule has 0 bridgehead atoms. The van der Waals surface area contributed by atoms with Gasteiger partial charge >= 0.3 is 6.09 Å². The Kier molecular flexibility index (Phi) is 4.45. The number of rotatable bonds is 3. The number of halogens is 2. The van der Waals surface area contributed by atoms with Crippen LogP contribution >= 0.6 is 0 Å². The molecule has 0 fully saturated rings. The van der Waals surface area contributed by atoms with Crippen LogP contribution in [0.3, 0.4) is 0 Å². The lowest BCUT2D eigenvalue weighted by Gasteiger charge is -2.23. The topological polar surface area (TPSA) is 64.3 Å². The lowest BCUT2D eigenvalue weighted by Crippen LogP contribution is -2.48. The van der Waals surface area contributed by atoms with Gasteiger partial charge in [-0.05, 0) is 27.7 Å². The van der Waals surface area contributed by atoms with Crippen molar-refractivity contribution >= 4 is 6.09 Å². The summed E-state index contributed by atoms with van der Waals surface area (Å²) < 4.78 is 30.7. The third-order valence-corrected chi connectivity index (χ3v) is 1.53. The second-order valence-corrected chi connectivity index (χ2v) is 4.41. The van der Waals surface area contributed by atoms with Crippen molar-refractivity contribution in [2.75, 3.05) is 6.54 Å². The third-order valence-electron chi connectivity index (χ3n) is 1.53. The number of hydrogen-bond donors (Lipinski definition) is 2. The molecule has 0 heterocycles. The lowest BCUT2D eigenvalue weighted by atomic mass is 10.2. The fourth-order valence-corrected chi connectivity index (χ4v) is 0.665. The molecule has 0 aromatic rings. The van der Waals surface area contributed by atoms with Crippen molar-refractivity contribution in [3.05, 3.63) is 0 Å². The predicted molar refractivity (Wildman–Crippen MR) is 52.8 cm³/mol. The Morgan fingerprint density at radius 1 is 1.47 bits per heavy atom. The van der Waals surface area contributed by atoms with Crippen molar-refractivity contribution < 1.29 is 18.3 Å². The fourth-order valence-electron chi connectivity index (χ4n) is 0.665. The molecule has 0 rings (SSSR count). The number of hydrogen-bond acceptors (Lipinski definition) is 3. The molecule has 0 aliphatic heterocycles. The van der Waals surface area contributed by atoms with Crippen molar-refractivity contribution in [3.63, 3.8) is 0 Å². The number of carbonyl (C=O) groups is 1. The molecule has 0 radical (unpaired) electrons. The normalized spacial score (nSPS) is 14.6. The van der Waals surface area contributed by atoms with Gasteiger partial charge < -0.3 is 15.8 Å². The van der Waals surface area contributed by atoms with E-state index >= 15 is 0 Å². The first-order chi connectivity index (χ1) is 6.54. The van der Waals surface area contributed by atoms with Crippen LogP contribution in [0, 0.1) is 0 Å². The molecular weight excluding hydrogens is 206 g/mol. The van der Waals surface area contributed by atoms with Gasteiger partial charge in [0.25, 0.3) is 5.92 Å². The van der Waals surface area contributed by atoms with Crippen LogP contribution in [0.2, 0.25) is 0 Å². The van der Waals surface area contributed by atoms with Gasteiger partial charge in [-0.3, -0.25) is 0 Å². The van der Waals surface area contributed by atoms with Crippen LogP contribution in [0.25, 0.3) is 0 Å². The van der Waals surface area contributed by atoms with Crippen LogP contribution < -0.4 is 11.1 Å². The number of amides is 1. The second-order valence-electron chi connectivity index (χ2n) is 4.41. The van der Waals surface area contributed by atoms with E-state index in [0.717, 1.165) is 0 Å². The molecule has 1 atom stereocenters. The maximum atomic E-state index is 12.9. The Hall–Kier alpha value is -0.910. The van der Waals surface area contributed by atoms with E-state index in [1.165, 1.54) is 6.92 Å². The summed E-state index contributed by atoms with van der Waals surface area (Å²) in [7, 11) is 0. The number of ether oxygens (including phenoxy) is 1. The van der Waals surface area contributed by atoms with Gasteiger partial charge in [-0.2, -0.15) is 0 Å². The van der Waals surface area contributed by atoms with E-state index in [0.29, 0.717) is 0 Å². The highest BCUT2D eigenvalue weighted by molar-refractivity contribution is 5.67. The van der Waals surface area contributed by atoms with Crippen molar-refractivity contribution in [2.45, 2.75) is 45.3 Å². The van der Waals surface area contributed by atoms with E-state index in [9.17, 15) is 13.6 Å². The first-order valence-electron chi connectivity index (χ1n) is 4.65. The van der Waals surface area contributed by atoms with E-state index in [4.69, 9.17) is 10.5 Å². The Morgan fingerprint density at radius 2 is 1.93 bits per heavy atom. The number of alkyl carbamates (subject to hydrolysis) is 1. The number of carbonyl (C=O) groups excluding carboxylic acids is 1. The third kappa shape index (κ3) is 6.22. The van der Waals surface area contributed by atoms with Crippen LogP contribution in [0.1, 0.15) is 27.7 Å². The molecule has 90 valence electrons. The first kappa shape index (κ1) is 14.1. The van der Waals surface area contributed by atoms with Gasteiger partial charge in [-0.1, -0.05) is 0 Å². The minimum Gasteiger partial charge on any atom is -0.444 e. The Labute approximate surface area is 88.2 Å². The highest BCUT2D eigenvalue weighted by atomic mass is 19.3. The molecular formula is C9H18F2N2O2. The summed E-state index contributed by atoms with van der Waals surface area (Å²) in [5.74, 6) is -3.13. The Morgan fingerprint density at radius 3 is 2.27 bits per heavy atom. The average Bonchev–Trinajstić information content (AvgIpc) is 1.97. The highest BCUT2D eigenvalue weighted by Gasteiger charge is 2.34. The Balaban J connectivity index is 4.02. The van der Waals surface area contributed by atoms with Crippen molar-refractivity contribution in [3.8, 4) is 0 Å². The zero-order valence-electron chi connectivity index (χ0n) is 9.43. The molecule has 3 N–H and O–H groups in total. The summed E-state index contributed by atoms with van der Waals surface area (Å²) in [4.78, 5) is 11.0. The SMILES string of the molecule is CC(N)C(F)(F)CNC(=O)OC(C)(C)C. The maximum Gasteiger partial charge on any atom is 0.407 e. The molecule has 15 heavy (non-hydrogen) atoms. The fraction of sp³-hybridized carbons (Fsp3) is 0.889. The van der Waals surface area contributed by atoms with Gasteiger partial charge in [0, 0.05) is 0 Å². The molecule has 1 amide bonds. The van der Waals surface area contributed by atoms with Crippen LogP contribution in [-0.4, -0.2) is 30.2 Å². The van der Waals surface area contributed by atoms with E-state index in [1.54, 1.807) is 20.8 Å². The molecule has 4 nitrogen and oxygen atoms in total. The molecule has 0 saturated heterocycles. The van der Waals surface area contributed by atoms with Gasteiger partial charge in [0.1, 0.15) is 5.60 Å². The number of nitrogens with two attached hydrogens (primary N) is 1. The van der Waals surface area contributed by atoms with Crippen LogP contribution in [0.15, 0.2) is 0 Å². The molecule has 0 spiro atoms. The minimum atomic E-state index is -3.13. The summed E-state index contributed by atoms with van der Waals surface area (Å²) in [5.41, 5.74) is 4.34. The zero-order valence-corrected chi connectivity index (χ0v) is 9.43. The van der Waals surface area contributed by atoms with Crippen LogP contribution in [-0.2, 0) is 4.74 Å². The quantitative estimate of drug-likeness (QED) is 0.763. The van der Waals surface area contributed by atoms with Gasteiger partial charge in [0.2, 0.25) is 0 Å². The van der Waals surface area contributed by atoms with Gasteiger partial charge in [0.05, 0.1) is 12.6 Å². The lowest BCUT2D eigenvalue weighted by molar-refractivity contribution is -0.0219. The number of nitrogens with one attached hydrogen (secondary N) is 1. The average molecular weight is 224 g/mol. The monoisotopic (exact) mass is 224 g/mol. The summed E-state index contributed by atoms with van der Waals surface area (Å²) in [5, 5.41) is 1.97. The standard InChI is InChI=1S/C9H18F2N2O2/c1-6(12)9(10,11)5-13-7(14)15-8(2,3)4/h6H,5,12H2,1-4H3,(H,13,14). The van der Waals surface area contributed by atoms with E-state index in [-0.39, 0.29) is 0 Å². The zero-order chi connectivity index (χ0) is 12.3. The van der Waals surface area contributed by atoms with Crippen LogP contribution in [0.4, 0.5) is 13.6 Å². The minimum absolute atomic E-state index is 0.701. The van der Waals surface area contributed by atoms with Gasteiger partial charge in [0.15, 0.2) is 0 Å². The van der Waals surface area contributed by atoms with Gasteiger partial charge in [-0.15, -0.1) is 0 Å². The van der Waals surface area contributed by atoms with Crippen molar-refractivity contribution in [1.82, 2.24) is 5.32 Å². The number of alkyl halides is 2. The van der Waals surface area contributed by atoms with Crippen LogP contribution in [0.5, 0.6) is 0 Å². The summed E-state index contributed by atoms with van der Waals surface area (Å²) >= 11 is 0. The van der Waals surface area contributed by atoms with Crippen molar-refractivity contribution in [2.24, 2.45) is 5.73 Å². The van der Waals surface area contributed by atoms with E-state index in [2.05, 4.69) is 0 Å². The Bertz CT molecular complexity index is 225. The summed E-state index contributed by atoms with van der Waals surface area (Å²) in [6.45, 7) is 5.30. The van der Waals surface area contributed by atoms with Crippen molar-refractivity contribution in [1.29, 1.82) is 0 Å². The largest absolute Gasteiger partial charge is 0.444 e. The predicted octanol–water partition coefficient (Wildman–Crippen LogP) is 1.49. The molecule has 0 aliphatic carbocycles. The summed E-state index contributed by atoms with van der Waals surface area (Å²) in [6, 6.07) is -1.31. The maximum absolute atomic E-state index is 12.9. The van der Waals surface area contributed by atoms with Gasteiger partial charge in [-0.25, -0.2) is 13.6 Å². The smallest absolute Gasteiger partial charge is 0.407 e.